The fourth-order valence-corrected chi connectivity index (χ4v) is 4.20. The van der Waals surface area contributed by atoms with Gasteiger partial charge in [0.05, 0.1) is 23.8 Å². The van der Waals surface area contributed by atoms with Gasteiger partial charge in [-0.25, -0.2) is 4.98 Å². The van der Waals surface area contributed by atoms with Crippen molar-refractivity contribution >= 4 is 17.3 Å². The van der Waals surface area contributed by atoms with Crippen molar-refractivity contribution in [2.75, 3.05) is 39.8 Å². The number of nitrogens with zero attached hydrogens (tertiary/aromatic N) is 4. The van der Waals surface area contributed by atoms with Crippen LogP contribution in [0.5, 0.6) is 0 Å². The smallest absolute Gasteiger partial charge is 0.351 e. The average molecular weight is 392 g/mol. The zero-order chi connectivity index (χ0) is 19.3. The van der Waals surface area contributed by atoms with Gasteiger partial charge in [0.15, 0.2) is 5.96 Å². The first-order valence-corrected chi connectivity index (χ1v) is 9.71. The van der Waals surface area contributed by atoms with Crippen LogP contribution < -0.4 is 5.32 Å². The molecule has 1 aliphatic rings. The zero-order valence-corrected chi connectivity index (χ0v) is 16.7. The number of likely N-dealkylation sites (tertiary alicyclic amines) is 1. The number of aliphatic imine (C=N–C) groups is 1. The Bertz CT molecular complexity index is 614. The molecule has 2 rings (SSSR count). The van der Waals surface area contributed by atoms with Crippen molar-refractivity contribution in [3.63, 3.8) is 0 Å². The number of rotatable bonds is 6. The van der Waals surface area contributed by atoms with E-state index in [0.717, 1.165) is 36.2 Å². The van der Waals surface area contributed by atoms with Crippen molar-refractivity contribution in [3.8, 4) is 0 Å². The molecule has 0 amide bonds. The lowest BCUT2D eigenvalue weighted by Gasteiger charge is -2.26. The van der Waals surface area contributed by atoms with Gasteiger partial charge in [-0.2, -0.15) is 13.2 Å². The second-order valence-electron chi connectivity index (χ2n) is 6.69. The number of aryl methyl sites for hydroxylation is 2. The molecule has 0 aliphatic carbocycles. The molecule has 1 aromatic heterocycles. The zero-order valence-electron chi connectivity index (χ0n) is 15.9. The number of nitrogens with one attached hydrogen (secondary N) is 1. The molecular weight excluding hydrogens is 363 g/mol. The average Bonchev–Trinajstić information content (AvgIpc) is 3.12. The Hall–Kier alpha value is -1.35. The fourth-order valence-electron chi connectivity index (χ4n) is 3.33. The van der Waals surface area contributed by atoms with Crippen molar-refractivity contribution in [3.05, 3.63) is 15.6 Å². The maximum atomic E-state index is 12.6. The molecule has 1 saturated heterocycles. The number of aromatic nitrogens is 1. The largest absolute Gasteiger partial charge is 0.401 e. The van der Waals surface area contributed by atoms with E-state index in [0.29, 0.717) is 19.6 Å². The highest BCUT2D eigenvalue weighted by Crippen LogP contribution is 2.22. The van der Waals surface area contributed by atoms with Gasteiger partial charge in [0, 0.05) is 31.6 Å². The molecule has 0 spiro atoms. The Morgan fingerprint density at radius 1 is 1.42 bits per heavy atom. The third-order valence-corrected chi connectivity index (χ3v) is 5.64. The summed E-state index contributed by atoms with van der Waals surface area (Å²) in [5, 5.41) is 4.40. The minimum atomic E-state index is -4.14. The number of halogens is 3. The minimum absolute atomic E-state index is 0.225. The van der Waals surface area contributed by atoms with Gasteiger partial charge in [-0.1, -0.05) is 6.92 Å². The van der Waals surface area contributed by atoms with Crippen LogP contribution in [0.1, 0.15) is 28.9 Å². The standard InChI is InChI=1S/C17H28F3N5S/c1-5-24(11-17(18,19)20)9-14-6-7-25(10-14)16(21-4)22-8-15-12(2)23-13(3)26-15/h14H,5-11H2,1-4H3,(H,21,22). The predicted octanol–water partition coefficient (Wildman–Crippen LogP) is 3.04. The molecule has 1 N–H and O–H groups in total. The quantitative estimate of drug-likeness (QED) is 0.598. The van der Waals surface area contributed by atoms with Crippen molar-refractivity contribution in [1.82, 2.24) is 20.1 Å². The van der Waals surface area contributed by atoms with E-state index >= 15 is 0 Å². The van der Waals surface area contributed by atoms with Crippen LogP contribution in [0, 0.1) is 19.8 Å². The van der Waals surface area contributed by atoms with Crippen LogP contribution in [0.15, 0.2) is 4.99 Å². The molecular formula is C17H28F3N5S. The molecule has 2 heterocycles. The van der Waals surface area contributed by atoms with Gasteiger partial charge in [0.1, 0.15) is 0 Å². The summed E-state index contributed by atoms with van der Waals surface area (Å²) in [4.78, 5) is 13.6. The molecule has 0 bridgehead atoms. The second-order valence-corrected chi connectivity index (χ2v) is 7.97. The molecule has 1 unspecified atom stereocenters. The Balaban J connectivity index is 1.86. The maximum absolute atomic E-state index is 12.6. The molecule has 5 nitrogen and oxygen atoms in total. The molecule has 1 aromatic rings. The maximum Gasteiger partial charge on any atom is 0.401 e. The molecule has 0 radical (unpaired) electrons. The Labute approximate surface area is 157 Å². The lowest BCUT2D eigenvalue weighted by Crippen LogP contribution is -2.41. The van der Waals surface area contributed by atoms with Crippen molar-refractivity contribution in [1.29, 1.82) is 0 Å². The summed E-state index contributed by atoms with van der Waals surface area (Å²) in [7, 11) is 1.74. The molecule has 1 atom stereocenters. The van der Waals surface area contributed by atoms with Crippen LogP contribution in [-0.2, 0) is 6.54 Å². The Morgan fingerprint density at radius 2 is 2.15 bits per heavy atom. The highest BCUT2D eigenvalue weighted by molar-refractivity contribution is 7.11. The Morgan fingerprint density at radius 3 is 2.69 bits per heavy atom. The van der Waals surface area contributed by atoms with Crippen LogP contribution in [0.2, 0.25) is 0 Å². The third kappa shape index (κ3) is 6.12. The Kier molecular flexibility index (Phi) is 7.28. The normalized spacial score (nSPS) is 18.8. The lowest BCUT2D eigenvalue weighted by atomic mass is 10.1. The summed E-state index contributed by atoms with van der Waals surface area (Å²) in [6.45, 7) is 8.01. The highest BCUT2D eigenvalue weighted by atomic mass is 32.1. The van der Waals surface area contributed by atoms with E-state index in [9.17, 15) is 13.2 Å². The molecule has 1 fully saturated rings. The van der Waals surface area contributed by atoms with E-state index in [1.165, 1.54) is 9.78 Å². The van der Waals surface area contributed by atoms with E-state index in [2.05, 4.69) is 20.2 Å². The number of alkyl halides is 3. The van der Waals surface area contributed by atoms with Crippen LogP contribution >= 0.6 is 11.3 Å². The first kappa shape index (κ1) is 21.0. The van der Waals surface area contributed by atoms with Crippen LogP contribution in [0.3, 0.4) is 0 Å². The number of hydrogen-bond acceptors (Lipinski definition) is 4. The van der Waals surface area contributed by atoms with E-state index in [4.69, 9.17) is 0 Å². The van der Waals surface area contributed by atoms with Gasteiger partial charge in [0.25, 0.3) is 0 Å². The number of hydrogen-bond donors (Lipinski definition) is 1. The lowest BCUT2D eigenvalue weighted by molar-refractivity contribution is -0.146. The van der Waals surface area contributed by atoms with E-state index in [1.54, 1.807) is 25.3 Å². The van der Waals surface area contributed by atoms with Gasteiger partial charge < -0.3 is 10.2 Å². The second kappa shape index (κ2) is 9.03. The van der Waals surface area contributed by atoms with Gasteiger partial charge >= 0.3 is 6.18 Å². The van der Waals surface area contributed by atoms with Gasteiger partial charge in [-0.15, -0.1) is 11.3 Å². The summed E-state index contributed by atoms with van der Waals surface area (Å²) < 4.78 is 37.9. The topological polar surface area (TPSA) is 43.8 Å². The van der Waals surface area contributed by atoms with E-state index in [-0.39, 0.29) is 5.92 Å². The first-order valence-electron chi connectivity index (χ1n) is 8.89. The molecule has 0 saturated carbocycles. The summed E-state index contributed by atoms with van der Waals surface area (Å²) in [5.74, 6) is 1.03. The highest BCUT2D eigenvalue weighted by Gasteiger charge is 2.33. The molecule has 1 aliphatic heterocycles. The summed E-state index contributed by atoms with van der Waals surface area (Å²) in [5.41, 5.74) is 1.03. The van der Waals surface area contributed by atoms with Crippen LogP contribution in [-0.4, -0.2) is 66.7 Å². The van der Waals surface area contributed by atoms with Crippen LogP contribution in [0.25, 0.3) is 0 Å². The van der Waals surface area contributed by atoms with Gasteiger partial charge in [-0.05, 0) is 32.7 Å². The van der Waals surface area contributed by atoms with E-state index in [1.807, 2.05) is 13.8 Å². The molecule has 0 aromatic carbocycles. The minimum Gasteiger partial charge on any atom is -0.351 e. The van der Waals surface area contributed by atoms with Gasteiger partial charge in [-0.3, -0.25) is 9.89 Å². The fraction of sp³-hybridized carbons (Fsp3) is 0.765. The summed E-state index contributed by atoms with van der Waals surface area (Å²) in [6, 6.07) is 0. The van der Waals surface area contributed by atoms with Crippen molar-refractivity contribution in [2.45, 2.75) is 39.9 Å². The first-order chi connectivity index (χ1) is 12.2. The van der Waals surface area contributed by atoms with Crippen LogP contribution in [0.4, 0.5) is 13.2 Å². The van der Waals surface area contributed by atoms with E-state index < -0.39 is 12.7 Å². The molecule has 9 heteroatoms. The third-order valence-electron chi connectivity index (χ3n) is 4.57. The predicted molar refractivity (Wildman–Crippen MR) is 99.6 cm³/mol. The summed E-state index contributed by atoms with van der Waals surface area (Å²) >= 11 is 1.67. The van der Waals surface area contributed by atoms with Gasteiger partial charge in [0.2, 0.25) is 0 Å². The number of guanidine groups is 1. The van der Waals surface area contributed by atoms with Crippen molar-refractivity contribution in [2.24, 2.45) is 10.9 Å². The van der Waals surface area contributed by atoms with Crippen molar-refractivity contribution < 1.29 is 13.2 Å². The molecule has 148 valence electrons. The monoisotopic (exact) mass is 391 g/mol. The summed E-state index contributed by atoms with van der Waals surface area (Å²) in [6.07, 6.45) is -3.26. The SMILES string of the molecule is CCN(CC1CCN(C(=NC)NCc2sc(C)nc2C)C1)CC(F)(F)F. The number of thiazole rings is 1. The molecule has 26 heavy (non-hydrogen) atoms.